The molecule has 1 aromatic carbocycles. The molecular formula is C20H26N2O2. The van der Waals surface area contributed by atoms with E-state index in [1.165, 1.54) is 44.3 Å². The van der Waals surface area contributed by atoms with Gasteiger partial charge in [-0.15, -0.1) is 0 Å². The highest BCUT2D eigenvalue weighted by atomic mass is 16.5. The molecular weight excluding hydrogens is 300 g/mol. The summed E-state index contributed by atoms with van der Waals surface area (Å²) in [5.74, 6) is 2.26. The average Bonchev–Trinajstić information content (AvgIpc) is 2.64. The molecule has 1 aromatic rings. The first-order valence-corrected chi connectivity index (χ1v) is 9.59. The van der Waals surface area contributed by atoms with E-state index in [1.807, 2.05) is 4.90 Å². The Morgan fingerprint density at radius 3 is 2.79 bits per heavy atom. The third-order valence-corrected chi connectivity index (χ3v) is 6.75. The van der Waals surface area contributed by atoms with E-state index in [1.54, 1.807) is 0 Å². The van der Waals surface area contributed by atoms with Gasteiger partial charge in [-0.05, 0) is 75.1 Å². The van der Waals surface area contributed by atoms with E-state index < -0.39 is 0 Å². The maximum absolute atomic E-state index is 12.1. The Labute approximate surface area is 143 Å². The Bertz CT molecular complexity index is 639. The highest BCUT2D eigenvalue weighted by molar-refractivity contribution is 5.81. The Morgan fingerprint density at radius 1 is 1.17 bits per heavy atom. The molecule has 1 aliphatic carbocycles. The number of para-hydroxylation sites is 1. The molecule has 5 aliphatic rings. The molecule has 3 atom stereocenters. The van der Waals surface area contributed by atoms with Crippen LogP contribution in [0, 0.1) is 5.92 Å². The van der Waals surface area contributed by atoms with Crippen LogP contribution >= 0.6 is 0 Å². The van der Waals surface area contributed by atoms with Crippen molar-refractivity contribution in [3.05, 3.63) is 23.8 Å². The van der Waals surface area contributed by atoms with Crippen LogP contribution in [0.5, 0.6) is 5.75 Å². The normalized spacial score (nSPS) is 36.6. The first-order valence-electron chi connectivity index (χ1n) is 9.59. The van der Waals surface area contributed by atoms with Crippen LogP contribution in [0.15, 0.2) is 18.2 Å². The highest BCUT2D eigenvalue weighted by Crippen LogP contribution is 2.48. The first kappa shape index (κ1) is 14.8. The second-order valence-corrected chi connectivity index (χ2v) is 8.02. The second-order valence-electron chi connectivity index (χ2n) is 8.02. The molecule has 4 aliphatic heterocycles. The molecule has 128 valence electrons. The SMILES string of the molecule is O=CN(c1cccc2c1OC1CCCC2C1)C1CN2CCC1CC2. The molecule has 0 radical (unpaired) electrons. The number of nitrogens with zero attached hydrogens (tertiary/aromatic N) is 2. The van der Waals surface area contributed by atoms with Crippen LogP contribution in [0.3, 0.4) is 0 Å². The van der Waals surface area contributed by atoms with Crippen molar-refractivity contribution in [2.24, 2.45) is 5.92 Å². The van der Waals surface area contributed by atoms with Gasteiger partial charge in [0.1, 0.15) is 5.75 Å². The van der Waals surface area contributed by atoms with Gasteiger partial charge in [-0.3, -0.25) is 4.79 Å². The molecule has 0 aromatic heterocycles. The molecule has 24 heavy (non-hydrogen) atoms. The number of ether oxygens (including phenoxy) is 1. The fraction of sp³-hybridized carbons (Fsp3) is 0.650. The van der Waals surface area contributed by atoms with Crippen LogP contribution in [0.2, 0.25) is 0 Å². The number of hydrogen-bond donors (Lipinski definition) is 0. The van der Waals surface area contributed by atoms with E-state index in [4.69, 9.17) is 4.74 Å². The van der Waals surface area contributed by atoms with Crippen molar-refractivity contribution in [2.45, 2.75) is 56.6 Å². The number of fused-ring (bicyclic) bond motifs is 7. The summed E-state index contributed by atoms with van der Waals surface area (Å²) in [5.41, 5.74) is 2.34. The predicted octanol–water partition coefficient (Wildman–Crippen LogP) is 3.16. The smallest absolute Gasteiger partial charge is 0.214 e. The third-order valence-electron chi connectivity index (χ3n) is 6.75. The lowest BCUT2D eigenvalue weighted by Gasteiger charge is -2.48. The van der Waals surface area contributed by atoms with Crippen molar-refractivity contribution < 1.29 is 9.53 Å². The third kappa shape index (κ3) is 2.26. The monoisotopic (exact) mass is 326 g/mol. The molecule has 4 nitrogen and oxygen atoms in total. The van der Waals surface area contributed by atoms with Crippen molar-refractivity contribution in [3.63, 3.8) is 0 Å². The minimum absolute atomic E-state index is 0.307. The maximum Gasteiger partial charge on any atom is 0.214 e. The average molecular weight is 326 g/mol. The van der Waals surface area contributed by atoms with E-state index in [0.717, 1.165) is 37.2 Å². The van der Waals surface area contributed by atoms with E-state index in [-0.39, 0.29) is 0 Å². The molecule has 3 unspecified atom stereocenters. The highest BCUT2D eigenvalue weighted by Gasteiger charge is 2.40. The minimum Gasteiger partial charge on any atom is -0.488 e. The van der Waals surface area contributed by atoms with Crippen LogP contribution in [0.25, 0.3) is 0 Å². The summed E-state index contributed by atoms with van der Waals surface area (Å²) >= 11 is 0. The number of carbonyl (C=O) groups is 1. The number of rotatable bonds is 3. The van der Waals surface area contributed by atoms with Gasteiger partial charge in [0.15, 0.2) is 0 Å². The van der Waals surface area contributed by atoms with Crippen molar-refractivity contribution in [1.29, 1.82) is 0 Å². The fourth-order valence-electron chi connectivity index (χ4n) is 5.46. The molecule has 1 saturated carbocycles. The van der Waals surface area contributed by atoms with Gasteiger partial charge < -0.3 is 14.5 Å². The lowest BCUT2D eigenvalue weighted by atomic mass is 9.79. The summed E-state index contributed by atoms with van der Waals surface area (Å²) in [5, 5.41) is 0. The molecule has 0 spiro atoms. The van der Waals surface area contributed by atoms with E-state index in [0.29, 0.717) is 24.0 Å². The zero-order valence-corrected chi connectivity index (χ0v) is 14.2. The van der Waals surface area contributed by atoms with Crippen molar-refractivity contribution in [3.8, 4) is 5.75 Å². The fourth-order valence-corrected chi connectivity index (χ4v) is 5.46. The van der Waals surface area contributed by atoms with Gasteiger partial charge in [-0.25, -0.2) is 0 Å². The molecule has 3 saturated heterocycles. The summed E-state index contributed by atoms with van der Waals surface area (Å²) in [7, 11) is 0. The van der Waals surface area contributed by atoms with Crippen LogP contribution < -0.4 is 9.64 Å². The number of benzene rings is 1. The van der Waals surface area contributed by atoms with Crippen LogP contribution in [0.4, 0.5) is 5.69 Å². The Kier molecular flexibility index (Phi) is 3.55. The molecule has 4 fully saturated rings. The van der Waals surface area contributed by atoms with Crippen molar-refractivity contribution in [2.75, 3.05) is 24.5 Å². The van der Waals surface area contributed by atoms with Gasteiger partial charge in [0.25, 0.3) is 0 Å². The van der Waals surface area contributed by atoms with Crippen LogP contribution in [0.1, 0.15) is 50.0 Å². The number of anilines is 1. The second kappa shape index (κ2) is 5.76. The summed E-state index contributed by atoms with van der Waals surface area (Å²) in [6.07, 6.45) is 8.66. The maximum atomic E-state index is 12.1. The van der Waals surface area contributed by atoms with Gasteiger partial charge in [-0.1, -0.05) is 12.1 Å². The van der Waals surface area contributed by atoms with E-state index in [9.17, 15) is 4.79 Å². The zero-order chi connectivity index (χ0) is 16.1. The Hall–Kier alpha value is -1.55. The lowest BCUT2D eigenvalue weighted by molar-refractivity contribution is -0.108. The van der Waals surface area contributed by atoms with Crippen LogP contribution in [-0.4, -0.2) is 43.1 Å². The topological polar surface area (TPSA) is 32.8 Å². The molecule has 6 rings (SSSR count). The zero-order valence-electron chi connectivity index (χ0n) is 14.2. The van der Waals surface area contributed by atoms with E-state index in [2.05, 4.69) is 23.1 Å². The molecule has 4 heteroatoms. The van der Waals surface area contributed by atoms with Crippen molar-refractivity contribution >= 4 is 12.1 Å². The largest absolute Gasteiger partial charge is 0.488 e. The summed E-state index contributed by atoms with van der Waals surface area (Å²) < 4.78 is 6.37. The summed E-state index contributed by atoms with van der Waals surface area (Å²) in [4.78, 5) is 16.6. The molecule has 4 heterocycles. The predicted molar refractivity (Wildman–Crippen MR) is 93.6 cm³/mol. The van der Waals surface area contributed by atoms with Gasteiger partial charge in [0.2, 0.25) is 6.41 Å². The first-order chi connectivity index (χ1) is 11.8. The van der Waals surface area contributed by atoms with Gasteiger partial charge >= 0.3 is 0 Å². The van der Waals surface area contributed by atoms with Gasteiger partial charge in [0.05, 0.1) is 17.8 Å². The number of piperidine rings is 3. The molecule has 1 amide bonds. The van der Waals surface area contributed by atoms with Gasteiger partial charge in [0, 0.05) is 6.54 Å². The summed E-state index contributed by atoms with van der Waals surface area (Å²) in [6, 6.07) is 6.72. The Balaban J connectivity index is 1.53. The molecule has 0 N–H and O–H groups in total. The Morgan fingerprint density at radius 2 is 2.04 bits per heavy atom. The quantitative estimate of drug-likeness (QED) is 0.800. The number of carbonyl (C=O) groups excluding carboxylic acids is 1. The van der Waals surface area contributed by atoms with Crippen molar-refractivity contribution in [1.82, 2.24) is 4.90 Å². The summed E-state index contributed by atoms with van der Waals surface area (Å²) in [6.45, 7) is 3.41. The number of amides is 1. The number of hydrogen-bond acceptors (Lipinski definition) is 3. The minimum atomic E-state index is 0.307. The van der Waals surface area contributed by atoms with Crippen LogP contribution in [-0.2, 0) is 4.79 Å². The standard InChI is InChI=1S/C20H26N2O2/c23-13-22(19-12-21-9-7-14(19)8-10-21)18-6-2-5-17-15-3-1-4-16(11-15)24-20(17)18/h2,5-6,13-16,19H,1,3-4,7-12H2. The van der Waals surface area contributed by atoms with Gasteiger partial charge in [-0.2, -0.15) is 0 Å². The lowest BCUT2D eigenvalue weighted by Crippen LogP contribution is -2.57. The van der Waals surface area contributed by atoms with E-state index >= 15 is 0 Å². The molecule has 4 bridgehead atoms.